The van der Waals surface area contributed by atoms with Gasteiger partial charge in [-0.2, -0.15) is 13.2 Å². The molecular formula is C13H11F4N3. The molecule has 1 N–H and O–H groups in total. The predicted octanol–water partition coefficient (Wildman–Crippen LogP) is 3.65. The zero-order valence-electron chi connectivity index (χ0n) is 10.7. The average Bonchev–Trinajstić information content (AvgIpc) is 2.38. The molecule has 1 heterocycles. The largest absolute Gasteiger partial charge is 0.419 e. The number of nitrogens with one attached hydrogen (secondary N) is 1. The number of hydrogen-bond acceptors (Lipinski definition) is 3. The average molecular weight is 285 g/mol. The lowest BCUT2D eigenvalue weighted by Gasteiger charge is -2.12. The second-order valence-corrected chi connectivity index (χ2v) is 4.14. The van der Waals surface area contributed by atoms with Gasteiger partial charge in [-0.05, 0) is 25.1 Å². The van der Waals surface area contributed by atoms with Gasteiger partial charge in [-0.15, -0.1) is 0 Å². The molecule has 1 aromatic heterocycles. The Morgan fingerprint density at radius 2 is 1.85 bits per heavy atom. The Morgan fingerprint density at radius 1 is 1.15 bits per heavy atom. The predicted molar refractivity (Wildman–Crippen MR) is 66.7 cm³/mol. The first-order chi connectivity index (χ1) is 9.34. The zero-order chi connectivity index (χ0) is 14.9. The molecule has 7 heteroatoms. The molecule has 1 aromatic carbocycles. The number of rotatable bonds is 2. The lowest BCUT2D eigenvalue weighted by atomic mass is 10.0. The van der Waals surface area contributed by atoms with Crippen LogP contribution in [0.1, 0.15) is 11.1 Å². The van der Waals surface area contributed by atoms with Crippen molar-refractivity contribution < 1.29 is 17.6 Å². The Balaban J connectivity index is 2.60. The zero-order valence-corrected chi connectivity index (χ0v) is 10.7. The van der Waals surface area contributed by atoms with Crippen molar-refractivity contribution in [3.8, 4) is 11.3 Å². The number of benzene rings is 1. The molecule has 0 radical (unpaired) electrons. The maximum absolute atomic E-state index is 13.3. The summed E-state index contributed by atoms with van der Waals surface area (Å²) in [6.07, 6.45) is -3.50. The minimum Gasteiger partial charge on any atom is -0.373 e. The van der Waals surface area contributed by atoms with Gasteiger partial charge < -0.3 is 5.32 Å². The Morgan fingerprint density at radius 3 is 2.45 bits per heavy atom. The van der Waals surface area contributed by atoms with Crippen LogP contribution in [-0.2, 0) is 6.18 Å². The molecule has 20 heavy (non-hydrogen) atoms. The molecule has 0 amide bonds. The van der Waals surface area contributed by atoms with E-state index in [1.165, 1.54) is 12.4 Å². The van der Waals surface area contributed by atoms with Gasteiger partial charge in [0.05, 0.1) is 11.3 Å². The summed E-state index contributed by atoms with van der Waals surface area (Å²) in [4.78, 5) is 7.92. The fourth-order valence-corrected chi connectivity index (χ4v) is 1.88. The lowest BCUT2D eigenvalue weighted by Crippen LogP contribution is -2.08. The molecule has 0 aliphatic rings. The van der Waals surface area contributed by atoms with E-state index in [1.54, 1.807) is 14.0 Å². The van der Waals surface area contributed by atoms with Crippen LogP contribution >= 0.6 is 0 Å². The van der Waals surface area contributed by atoms with Crippen molar-refractivity contribution in [2.45, 2.75) is 13.1 Å². The number of halogens is 4. The number of anilines is 1. The van der Waals surface area contributed by atoms with Crippen molar-refractivity contribution in [1.82, 2.24) is 9.97 Å². The molecule has 2 aromatic rings. The summed E-state index contributed by atoms with van der Waals surface area (Å²) < 4.78 is 51.4. The minimum absolute atomic E-state index is 0.190. The van der Waals surface area contributed by atoms with Crippen LogP contribution < -0.4 is 5.32 Å². The molecule has 2 rings (SSSR count). The Kier molecular flexibility index (Phi) is 3.61. The van der Waals surface area contributed by atoms with E-state index >= 15 is 0 Å². The van der Waals surface area contributed by atoms with Gasteiger partial charge in [0.1, 0.15) is 18.0 Å². The molecule has 0 fully saturated rings. The van der Waals surface area contributed by atoms with Crippen molar-refractivity contribution in [2.75, 3.05) is 12.4 Å². The highest BCUT2D eigenvalue weighted by molar-refractivity contribution is 5.68. The third-order valence-corrected chi connectivity index (χ3v) is 2.87. The SMILES string of the molecule is CNc1ncnc(-c2ccc(F)c(C(F)(F)F)c2)c1C. The topological polar surface area (TPSA) is 37.8 Å². The second-order valence-electron chi connectivity index (χ2n) is 4.14. The normalized spacial score (nSPS) is 11.5. The summed E-state index contributed by atoms with van der Waals surface area (Å²) in [6, 6.07) is 2.81. The summed E-state index contributed by atoms with van der Waals surface area (Å²) in [5, 5.41) is 2.81. The van der Waals surface area contributed by atoms with E-state index in [-0.39, 0.29) is 5.56 Å². The van der Waals surface area contributed by atoms with Crippen LogP contribution in [0.5, 0.6) is 0 Å². The maximum Gasteiger partial charge on any atom is 0.419 e. The van der Waals surface area contributed by atoms with E-state index in [0.717, 1.165) is 12.1 Å². The van der Waals surface area contributed by atoms with Crippen molar-refractivity contribution in [3.63, 3.8) is 0 Å². The Bertz CT molecular complexity index is 638. The van der Waals surface area contributed by atoms with Crippen LogP contribution in [0.3, 0.4) is 0 Å². The molecule has 106 valence electrons. The highest BCUT2D eigenvalue weighted by Crippen LogP contribution is 2.34. The van der Waals surface area contributed by atoms with Gasteiger partial charge in [-0.3, -0.25) is 0 Å². The van der Waals surface area contributed by atoms with Crippen LogP contribution in [0, 0.1) is 12.7 Å². The molecule has 3 nitrogen and oxygen atoms in total. The monoisotopic (exact) mass is 285 g/mol. The molecule has 0 spiro atoms. The van der Waals surface area contributed by atoms with E-state index < -0.39 is 17.6 Å². The fourth-order valence-electron chi connectivity index (χ4n) is 1.88. The fraction of sp³-hybridized carbons (Fsp3) is 0.231. The number of aromatic nitrogens is 2. The van der Waals surface area contributed by atoms with Gasteiger partial charge in [0.15, 0.2) is 0 Å². The standard InChI is InChI=1S/C13H11F4N3/c1-7-11(19-6-20-12(7)18-2)8-3-4-10(14)9(5-8)13(15,16)17/h3-6H,1-2H3,(H,18,19,20). The molecule has 0 unspecified atom stereocenters. The van der Waals surface area contributed by atoms with Crippen molar-refractivity contribution >= 4 is 5.82 Å². The molecule has 0 atom stereocenters. The highest BCUT2D eigenvalue weighted by atomic mass is 19.4. The first kappa shape index (κ1) is 14.2. The van der Waals surface area contributed by atoms with Gasteiger partial charge in [0, 0.05) is 18.2 Å². The number of nitrogens with zero attached hydrogens (tertiary/aromatic N) is 2. The number of hydrogen-bond donors (Lipinski definition) is 1. The van der Waals surface area contributed by atoms with Crippen LogP contribution in [0.2, 0.25) is 0 Å². The van der Waals surface area contributed by atoms with Crippen LogP contribution in [0.4, 0.5) is 23.4 Å². The van der Waals surface area contributed by atoms with Gasteiger partial charge in [-0.25, -0.2) is 14.4 Å². The summed E-state index contributed by atoms with van der Waals surface area (Å²) in [5.74, 6) is -0.797. The third-order valence-electron chi connectivity index (χ3n) is 2.87. The third kappa shape index (κ3) is 2.56. The molecule has 0 bridgehead atoms. The second kappa shape index (κ2) is 5.07. The summed E-state index contributed by atoms with van der Waals surface area (Å²) in [7, 11) is 1.64. The van der Waals surface area contributed by atoms with Crippen LogP contribution in [0.15, 0.2) is 24.5 Å². The van der Waals surface area contributed by atoms with Crippen LogP contribution in [-0.4, -0.2) is 17.0 Å². The molecule has 0 saturated heterocycles. The van der Waals surface area contributed by atoms with Crippen LogP contribution in [0.25, 0.3) is 11.3 Å². The first-order valence-corrected chi connectivity index (χ1v) is 5.71. The van der Waals surface area contributed by atoms with E-state index in [1.807, 2.05) is 0 Å². The highest BCUT2D eigenvalue weighted by Gasteiger charge is 2.34. The number of alkyl halides is 3. The van der Waals surface area contributed by atoms with Gasteiger partial charge in [0.25, 0.3) is 0 Å². The summed E-state index contributed by atoms with van der Waals surface area (Å²) >= 11 is 0. The van der Waals surface area contributed by atoms with E-state index in [9.17, 15) is 17.6 Å². The molecule has 0 aliphatic heterocycles. The van der Waals surface area contributed by atoms with E-state index in [4.69, 9.17) is 0 Å². The van der Waals surface area contributed by atoms with Crippen molar-refractivity contribution in [3.05, 3.63) is 41.5 Å². The molecule has 0 aliphatic carbocycles. The van der Waals surface area contributed by atoms with Crippen molar-refractivity contribution in [2.24, 2.45) is 0 Å². The summed E-state index contributed by atoms with van der Waals surface area (Å²) in [6.45, 7) is 1.68. The minimum atomic E-state index is -4.74. The quantitative estimate of drug-likeness (QED) is 0.856. The smallest absolute Gasteiger partial charge is 0.373 e. The van der Waals surface area contributed by atoms with Gasteiger partial charge >= 0.3 is 6.18 Å². The molecular weight excluding hydrogens is 274 g/mol. The first-order valence-electron chi connectivity index (χ1n) is 5.71. The van der Waals surface area contributed by atoms with Gasteiger partial charge in [0.2, 0.25) is 0 Å². The summed E-state index contributed by atoms with van der Waals surface area (Å²) in [5.41, 5.74) is -0.196. The lowest BCUT2D eigenvalue weighted by molar-refractivity contribution is -0.139. The molecule has 0 saturated carbocycles. The van der Waals surface area contributed by atoms with E-state index in [0.29, 0.717) is 17.1 Å². The van der Waals surface area contributed by atoms with Gasteiger partial charge in [-0.1, -0.05) is 0 Å². The Labute approximate surface area is 112 Å². The van der Waals surface area contributed by atoms with Crippen molar-refractivity contribution in [1.29, 1.82) is 0 Å². The van der Waals surface area contributed by atoms with E-state index in [2.05, 4.69) is 15.3 Å². The Hall–Kier alpha value is -2.18. The maximum atomic E-state index is 13.3.